The second kappa shape index (κ2) is 34.2. The van der Waals surface area contributed by atoms with Gasteiger partial charge in [0.1, 0.15) is 34.3 Å². The number of aliphatic carboxylic acids is 1. The maximum absolute atomic E-state index is 12.3. The molecule has 0 radical (unpaired) electrons. The van der Waals surface area contributed by atoms with Crippen LogP contribution in [0.15, 0.2) is 56.4 Å². The van der Waals surface area contributed by atoms with Crippen molar-refractivity contribution in [1.29, 1.82) is 10.5 Å². The number of nitrogens with one attached hydrogen (secondary N) is 1. The van der Waals surface area contributed by atoms with Crippen molar-refractivity contribution >= 4 is 80.8 Å². The molecule has 0 spiro atoms. The number of nitrogens with zero attached hydrogens (tertiary/aromatic N) is 6. The van der Waals surface area contributed by atoms with Gasteiger partial charge in [0.15, 0.2) is 11.2 Å². The maximum atomic E-state index is 12.3. The van der Waals surface area contributed by atoms with E-state index in [0.717, 1.165) is 68.5 Å². The molecular weight excluding hydrogens is 879 g/mol. The summed E-state index contributed by atoms with van der Waals surface area (Å²) in [4.78, 5) is 35.3. The molecule has 19 heteroatoms. The standard InChI is InChI=1S/C23H31ClN4O4.C13H11N3O3.C10H22ClNO2/c1-28(2)19-7-8-20-21(16-19)32-22(27-20)15-18(17-25)23(29)26-10-12-31-14-13-30-11-6-4-3-5-9-24;1-16(2)9-3-4-10-11(6-9)19-12(15-10)5-8(7-14)13(17)18;11-5-3-1-2-4-7-13-9-10-14-8-6-12/h7-8,15-16H,3-6,9-14H2,1-2H3,(H,26,29);3-6H,1-2H3,(H,17,18);1-10,12H2/b18-15+;8-5+;. The lowest BCUT2D eigenvalue weighted by Crippen LogP contribution is -2.28. The molecule has 4 aromatic rings. The Morgan fingerprint density at radius 1 is 0.677 bits per heavy atom. The molecule has 65 heavy (non-hydrogen) atoms. The first kappa shape index (κ1) is 55.9. The Hall–Kier alpha value is -5.24. The highest BCUT2D eigenvalue weighted by Crippen LogP contribution is 2.24. The molecule has 2 aromatic carbocycles. The molecule has 0 saturated heterocycles. The molecule has 0 aliphatic carbocycles. The maximum Gasteiger partial charge on any atom is 0.346 e. The average Bonchev–Trinajstić information content (AvgIpc) is 3.91. The van der Waals surface area contributed by atoms with Crippen molar-refractivity contribution < 1.29 is 42.5 Å². The van der Waals surface area contributed by atoms with Crippen LogP contribution in [0.2, 0.25) is 0 Å². The fraction of sp³-hybridized carbons (Fsp3) is 0.522. The van der Waals surface area contributed by atoms with E-state index in [4.69, 9.17) is 67.1 Å². The SMILES string of the molecule is CN(C)c1ccc2nc(/C=C(\C#N)C(=O)NCCOCCOCCCCCCCl)oc2c1.CN(C)c1ccc2nc(/C=C(\C#N)C(=O)O)oc2c1.NCCOCCOCCCCCCCl. The number of halogens is 2. The van der Waals surface area contributed by atoms with Gasteiger partial charge in [0.05, 0.1) is 39.6 Å². The number of oxazole rings is 2. The van der Waals surface area contributed by atoms with Gasteiger partial charge < -0.3 is 53.7 Å². The number of nitriles is 2. The van der Waals surface area contributed by atoms with E-state index in [1.807, 2.05) is 68.3 Å². The minimum Gasteiger partial charge on any atom is -0.477 e. The number of aromatic nitrogens is 2. The third-order valence-electron chi connectivity index (χ3n) is 8.94. The molecule has 0 bridgehead atoms. The molecule has 0 fully saturated rings. The number of hydrogen-bond acceptors (Lipinski definition) is 15. The van der Waals surface area contributed by atoms with E-state index in [9.17, 15) is 14.9 Å². The molecule has 2 aromatic heterocycles. The van der Waals surface area contributed by atoms with Crippen LogP contribution in [0, 0.1) is 22.7 Å². The second-order valence-electron chi connectivity index (χ2n) is 14.5. The van der Waals surface area contributed by atoms with Crippen molar-refractivity contribution in [2.75, 3.05) is 116 Å². The van der Waals surface area contributed by atoms with Crippen molar-refractivity contribution in [2.45, 2.75) is 51.4 Å². The number of alkyl halides is 2. The van der Waals surface area contributed by atoms with E-state index >= 15 is 0 Å². The van der Waals surface area contributed by atoms with E-state index in [-0.39, 0.29) is 23.9 Å². The Balaban J connectivity index is 0.000000372. The monoisotopic (exact) mass is 942 g/mol. The summed E-state index contributed by atoms with van der Waals surface area (Å²) >= 11 is 11.2. The lowest BCUT2D eigenvalue weighted by Gasteiger charge is -2.10. The van der Waals surface area contributed by atoms with E-state index in [2.05, 4.69) is 15.3 Å². The predicted octanol–water partition coefficient (Wildman–Crippen LogP) is 7.41. The molecular formula is C46H64Cl2N8O9. The molecule has 17 nitrogen and oxygen atoms in total. The lowest BCUT2D eigenvalue weighted by molar-refractivity contribution is -0.132. The van der Waals surface area contributed by atoms with Gasteiger partial charge in [-0.1, -0.05) is 25.7 Å². The molecule has 2 heterocycles. The summed E-state index contributed by atoms with van der Waals surface area (Å²) in [6, 6.07) is 14.5. The number of hydrogen-bond donors (Lipinski definition) is 3. The highest BCUT2D eigenvalue weighted by Gasteiger charge is 2.13. The first-order valence-electron chi connectivity index (χ1n) is 21.5. The van der Waals surface area contributed by atoms with Gasteiger partial charge in [-0.05, 0) is 49.9 Å². The summed E-state index contributed by atoms with van der Waals surface area (Å²) in [5.41, 5.74) is 9.07. The molecule has 356 valence electrons. The largest absolute Gasteiger partial charge is 0.477 e. The Labute approximate surface area is 392 Å². The van der Waals surface area contributed by atoms with Crippen LogP contribution >= 0.6 is 23.2 Å². The molecule has 0 unspecified atom stereocenters. The number of carbonyl (C=O) groups is 2. The van der Waals surface area contributed by atoms with Gasteiger partial charge in [-0.2, -0.15) is 10.5 Å². The van der Waals surface area contributed by atoms with Crippen LogP contribution in [-0.4, -0.2) is 133 Å². The van der Waals surface area contributed by atoms with Crippen molar-refractivity contribution in [1.82, 2.24) is 15.3 Å². The van der Waals surface area contributed by atoms with Crippen LogP contribution in [0.1, 0.15) is 63.1 Å². The minimum atomic E-state index is -1.31. The molecule has 0 aliphatic heterocycles. The minimum absolute atomic E-state index is 0.0816. The third kappa shape index (κ3) is 23.5. The topological polar surface area (TPSA) is 235 Å². The Morgan fingerprint density at radius 2 is 1.11 bits per heavy atom. The highest BCUT2D eigenvalue weighted by molar-refractivity contribution is 6.18. The van der Waals surface area contributed by atoms with Crippen LogP contribution in [0.4, 0.5) is 11.4 Å². The molecule has 4 rings (SSSR count). The van der Waals surface area contributed by atoms with Crippen molar-refractivity contribution in [3.8, 4) is 12.1 Å². The number of anilines is 2. The molecule has 4 N–H and O–H groups in total. The molecule has 0 saturated carbocycles. The van der Waals surface area contributed by atoms with Crippen molar-refractivity contribution in [3.05, 3.63) is 59.3 Å². The van der Waals surface area contributed by atoms with E-state index in [1.165, 1.54) is 18.9 Å². The summed E-state index contributed by atoms with van der Waals surface area (Å²) in [5, 5.41) is 29.4. The van der Waals surface area contributed by atoms with Gasteiger partial charge >= 0.3 is 5.97 Å². The summed E-state index contributed by atoms with van der Waals surface area (Å²) in [6.45, 7) is 5.66. The van der Waals surface area contributed by atoms with E-state index in [1.54, 1.807) is 18.2 Å². The average molecular weight is 944 g/mol. The Bertz CT molecular complexity index is 2110. The highest BCUT2D eigenvalue weighted by atomic mass is 35.5. The number of carbonyl (C=O) groups excluding carboxylic acids is 1. The molecule has 1 amide bonds. The van der Waals surface area contributed by atoms with Crippen LogP contribution in [0.25, 0.3) is 34.4 Å². The number of benzene rings is 2. The quantitative estimate of drug-likeness (QED) is 0.0208. The lowest BCUT2D eigenvalue weighted by atomic mass is 10.2. The normalized spacial score (nSPS) is 11.3. The Morgan fingerprint density at radius 3 is 1.52 bits per heavy atom. The number of carboxylic acid groups (broad SMARTS) is 1. The second-order valence-corrected chi connectivity index (χ2v) is 15.3. The van der Waals surface area contributed by atoms with Gasteiger partial charge in [-0.25, -0.2) is 14.8 Å². The summed E-state index contributed by atoms with van der Waals surface area (Å²) < 4.78 is 32.5. The van der Waals surface area contributed by atoms with Crippen LogP contribution < -0.4 is 20.9 Å². The van der Waals surface area contributed by atoms with Crippen molar-refractivity contribution in [2.24, 2.45) is 5.73 Å². The first-order chi connectivity index (χ1) is 31.5. The van der Waals surface area contributed by atoms with Crippen LogP contribution in [0.3, 0.4) is 0 Å². The number of unbranched alkanes of at least 4 members (excludes halogenated alkanes) is 6. The fourth-order valence-electron chi connectivity index (χ4n) is 5.44. The molecule has 0 aliphatic rings. The van der Waals surface area contributed by atoms with Gasteiger partial charge in [-0.3, -0.25) is 4.79 Å². The summed E-state index contributed by atoms with van der Waals surface area (Å²) in [7, 11) is 7.66. The van der Waals surface area contributed by atoms with Crippen LogP contribution in [0.5, 0.6) is 0 Å². The fourth-order valence-corrected chi connectivity index (χ4v) is 5.82. The van der Waals surface area contributed by atoms with Crippen molar-refractivity contribution in [3.63, 3.8) is 0 Å². The zero-order valence-electron chi connectivity index (χ0n) is 38.0. The van der Waals surface area contributed by atoms with Crippen LogP contribution in [-0.2, 0) is 28.5 Å². The summed E-state index contributed by atoms with van der Waals surface area (Å²) in [6.07, 6.45) is 11.4. The first-order valence-corrected chi connectivity index (χ1v) is 22.6. The zero-order chi connectivity index (χ0) is 47.7. The Kier molecular flexibility index (Phi) is 29.4. The van der Waals surface area contributed by atoms with Gasteiger partial charge in [0.25, 0.3) is 5.91 Å². The smallest absolute Gasteiger partial charge is 0.346 e. The third-order valence-corrected chi connectivity index (χ3v) is 9.48. The zero-order valence-corrected chi connectivity index (χ0v) is 39.5. The number of rotatable bonds is 29. The molecule has 0 atom stereocenters. The van der Waals surface area contributed by atoms with Gasteiger partial charge in [0, 0.05) is 102 Å². The van der Waals surface area contributed by atoms with E-state index < -0.39 is 17.4 Å². The number of ether oxygens (including phenoxy) is 4. The summed E-state index contributed by atoms with van der Waals surface area (Å²) in [5.74, 6) is -0.0120. The number of carboxylic acids is 1. The predicted molar refractivity (Wildman–Crippen MR) is 255 cm³/mol. The number of amides is 1. The van der Waals surface area contributed by atoms with E-state index in [0.29, 0.717) is 80.9 Å². The number of nitrogens with two attached hydrogens (primary N) is 1. The van der Waals surface area contributed by atoms with Gasteiger partial charge in [-0.15, -0.1) is 23.2 Å². The van der Waals surface area contributed by atoms with Gasteiger partial charge in [0.2, 0.25) is 11.8 Å². The number of fused-ring (bicyclic) bond motifs is 2.